The van der Waals surface area contributed by atoms with Crippen molar-refractivity contribution in [1.82, 2.24) is 29.4 Å². The number of sulfonamides is 1. The number of thiazole rings is 1. The van der Waals surface area contributed by atoms with Gasteiger partial charge in [0.1, 0.15) is 11.0 Å². The number of nitrogens with one attached hydrogen (secondary N) is 1. The number of aliphatic hydroxyl groups excluding tert-OH is 1. The Kier molecular flexibility index (Phi) is 13.4. The molecule has 3 atom stereocenters. The van der Waals surface area contributed by atoms with E-state index in [9.17, 15) is 23.1 Å². The number of carbonyl (C=O) groups is 2. The first-order valence-corrected chi connectivity index (χ1v) is 20.6. The van der Waals surface area contributed by atoms with E-state index >= 15 is 0 Å². The van der Waals surface area contributed by atoms with Gasteiger partial charge in [0.05, 0.1) is 35.5 Å². The quantitative estimate of drug-likeness (QED) is 0.0770. The van der Waals surface area contributed by atoms with Gasteiger partial charge in [-0.1, -0.05) is 82.2 Å². The van der Waals surface area contributed by atoms with Crippen LogP contribution in [0.15, 0.2) is 88.4 Å². The highest BCUT2D eigenvalue weighted by atomic mass is 32.2. The van der Waals surface area contributed by atoms with Crippen molar-refractivity contribution in [2.24, 2.45) is 16.5 Å². The molecule has 5 rings (SSSR count). The fourth-order valence-electron chi connectivity index (χ4n) is 6.66. The minimum absolute atomic E-state index is 0.0185. The number of aryl methyl sites for hydroxylation is 1. The van der Waals surface area contributed by atoms with E-state index in [0.717, 1.165) is 27.5 Å². The summed E-state index contributed by atoms with van der Waals surface area (Å²) < 4.78 is 29.2. The topological polar surface area (TPSA) is 169 Å². The molecule has 294 valence electrons. The second kappa shape index (κ2) is 17.8. The number of carbonyl (C=O) groups excluding carboxylic acids is 2. The van der Waals surface area contributed by atoms with Crippen molar-refractivity contribution in [3.8, 4) is 10.6 Å². The molecular weight excluding hydrogens is 739 g/mol. The zero-order valence-electron chi connectivity index (χ0n) is 32.2. The molecule has 0 saturated carbocycles. The zero-order chi connectivity index (χ0) is 39.9. The van der Waals surface area contributed by atoms with Gasteiger partial charge in [0, 0.05) is 49.0 Å². The molecule has 15 heteroatoms. The summed E-state index contributed by atoms with van der Waals surface area (Å²) in [6, 6.07) is 17.1. The molecule has 0 unspecified atom stereocenters. The highest BCUT2D eigenvalue weighted by Crippen LogP contribution is 2.30. The van der Waals surface area contributed by atoms with Crippen molar-refractivity contribution < 1.29 is 28.3 Å². The molecule has 3 amide bonds. The van der Waals surface area contributed by atoms with Gasteiger partial charge in [-0.3, -0.25) is 9.78 Å². The van der Waals surface area contributed by atoms with E-state index in [0.29, 0.717) is 18.7 Å². The lowest BCUT2D eigenvalue weighted by atomic mass is 9.84. The standard InChI is InChI=1S/C40H51N7O6S2/c1-27(2)23-46(55(52,53)33-16-13-30(14-17-33)21-42-51)25-35(48)34(20-29-10-8-7-9-11-29)44-37(49)36(40(4,5)6)47-19-18-45(39(47)50)24-32-26-54-38(43-32)31-15-12-28(3)41-22-31/h7-17,21-22,26-27,34-36,48,51H,18-20,23-25H2,1-6H3,(H,44,49)/b42-21+/t34-,35+,36+/m0/s1. The number of hydrogen-bond donors (Lipinski definition) is 3. The molecular formula is C40H51N7O6S2. The summed E-state index contributed by atoms with van der Waals surface area (Å²) >= 11 is 1.48. The highest BCUT2D eigenvalue weighted by Gasteiger charge is 2.44. The number of nitrogens with zero attached hydrogens (tertiary/aromatic N) is 6. The molecule has 0 radical (unpaired) electrons. The normalized spacial score (nSPS) is 15.6. The lowest BCUT2D eigenvalue weighted by Crippen LogP contribution is -2.59. The van der Waals surface area contributed by atoms with Gasteiger partial charge in [-0.15, -0.1) is 11.3 Å². The van der Waals surface area contributed by atoms with Crippen molar-refractivity contribution in [2.45, 2.75) is 77.6 Å². The third kappa shape index (κ3) is 10.5. The van der Waals surface area contributed by atoms with E-state index in [-0.39, 0.29) is 42.9 Å². The molecule has 1 fully saturated rings. The maximum absolute atomic E-state index is 14.4. The largest absolute Gasteiger partial charge is 0.411 e. The third-order valence-corrected chi connectivity index (χ3v) is 12.1. The Bertz CT molecular complexity index is 2030. The van der Waals surface area contributed by atoms with Crippen LogP contribution in [-0.4, -0.2) is 105 Å². The fourth-order valence-corrected chi connectivity index (χ4v) is 9.08. The van der Waals surface area contributed by atoms with Crippen LogP contribution in [0.1, 0.15) is 57.1 Å². The van der Waals surface area contributed by atoms with Crippen molar-refractivity contribution in [3.63, 3.8) is 0 Å². The van der Waals surface area contributed by atoms with Crippen molar-refractivity contribution in [2.75, 3.05) is 26.2 Å². The minimum atomic E-state index is -4.08. The minimum Gasteiger partial charge on any atom is -0.411 e. The molecule has 2 aromatic carbocycles. The number of pyridine rings is 1. The third-order valence-electron chi connectivity index (χ3n) is 9.35. The van der Waals surface area contributed by atoms with Gasteiger partial charge >= 0.3 is 6.03 Å². The molecule has 0 spiro atoms. The predicted molar refractivity (Wildman–Crippen MR) is 213 cm³/mol. The molecule has 4 aromatic rings. The SMILES string of the molecule is Cc1ccc(-c2nc(CN3CCN([C@H](C(=O)N[C@@H](Cc4ccccc4)[C@H](O)CN(CC(C)C)S(=O)(=O)c4ccc(/C=N/O)cc4)C(C)(C)C)C3=O)cs2)cn1. The van der Waals surface area contributed by atoms with E-state index in [1.54, 1.807) is 16.0 Å². The van der Waals surface area contributed by atoms with Crippen LogP contribution in [0.3, 0.4) is 0 Å². The number of aliphatic hydroxyl groups is 1. The van der Waals surface area contributed by atoms with Crippen LogP contribution in [0, 0.1) is 18.3 Å². The molecule has 3 heterocycles. The fraction of sp³-hybridized carbons (Fsp3) is 0.425. The first-order chi connectivity index (χ1) is 26.1. The summed E-state index contributed by atoms with van der Waals surface area (Å²) in [6.45, 7) is 12.2. The Morgan fingerprint density at radius 2 is 1.76 bits per heavy atom. The van der Waals surface area contributed by atoms with Crippen molar-refractivity contribution in [1.29, 1.82) is 0 Å². The Labute approximate surface area is 327 Å². The maximum Gasteiger partial charge on any atom is 0.321 e. The molecule has 1 aliphatic heterocycles. The van der Waals surface area contributed by atoms with Gasteiger partial charge in [-0.05, 0) is 60.1 Å². The highest BCUT2D eigenvalue weighted by molar-refractivity contribution is 7.89. The van der Waals surface area contributed by atoms with E-state index in [1.165, 1.54) is 46.1 Å². The van der Waals surface area contributed by atoms with Gasteiger partial charge in [-0.25, -0.2) is 18.2 Å². The second-order valence-electron chi connectivity index (χ2n) is 15.4. The number of hydrogen-bond acceptors (Lipinski definition) is 10. The Balaban J connectivity index is 1.36. The average Bonchev–Trinajstić information content (AvgIpc) is 3.74. The number of urea groups is 1. The number of benzene rings is 2. The van der Waals surface area contributed by atoms with Crippen LogP contribution in [0.4, 0.5) is 4.79 Å². The monoisotopic (exact) mass is 789 g/mol. The van der Waals surface area contributed by atoms with E-state index in [4.69, 9.17) is 10.2 Å². The summed E-state index contributed by atoms with van der Waals surface area (Å²) in [6.07, 6.45) is 1.89. The molecule has 13 nitrogen and oxygen atoms in total. The van der Waals surface area contributed by atoms with E-state index in [2.05, 4.69) is 15.5 Å². The maximum atomic E-state index is 14.4. The summed E-state index contributed by atoms with van der Waals surface area (Å²) in [7, 11) is -4.08. The van der Waals surface area contributed by atoms with E-state index in [1.807, 2.05) is 89.4 Å². The lowest BCUT2D eigenvalue weighted by Gasteiger charge is -2.38. The van der Waals surface area contributed by atoms with Crippen molar-refractivity contribution in [3.05, 3.63) is 101 Å². The van der Waals surface area contributed by atoms with Gasteiger partial charge in [-0.2, -0.15) is 4.31 Å². The number of amides is 3. The molecule has 0 aliphatic carbocycles. The van der Waals surface area contributed by atoms with Crippen LogP contribution < -0.4 is 5.32 Å². The van der Waals surface area contributed by atoms with Crippen LogP contribution in [0.25, 0.3) is 10.6 Å². The predicted octanol–water partition coefficient (Wildman–Crippen LogP) is 5.41. The lowest BCUT2D eigenvalue weighted by molar-refractivity contribution is -0.130. The van der Waals surface area contributed by atoms with Crippen molar-refractivity contribution >= 4 is 39.5 Å². The molecule has 0 bridgehead atoms. The average molecular weight is 790 g/mol. The van der Waals surface area contributed by atoms with Gasteiger partial charge in [0.15, 0.2) is 0 Å². The smallest absolute Gasteiger partial charge is 0.321 e. The molecule has 1 saturated heterocycles. The van der Waals surface area contributed by atoms with E-state index < -0.39 is 39.5 Å². The molecule has 2 aromatic heterocycles. The van der Waals surface area contributed by atoms with Crippen LogP contribution in [-0.2, 0) is 27.8 Å². The van der Waals surface area contributed by atoms with Crippen LogP contribution in [0.5, 0.6) is 0 Å². The number of aromatic nitrogens is 2. The summed E-state index contributed by atoms with van der Waals surface area (Å²) in [5, 5.41) is 29.5. The van der Waals surface area contributed by atoms with Gasteiger partial charge < -0.3 is 25.4 Å². The molecule has 55 heavy (non-hydrogen) atoms. The summed E-state index contributed by atoms with van der Waals surface area (Å²) in [5.41, 5.74) is 3.23. The Morgan fingerprint density at radius 1 is 1.05 bits per heavy atom. The molecule has 1 aliphatic rings. The first-order valence-electron chi connectivity index (χ1n) is 18.3. The van der Waals surface area contributed by atoms with Crippen LogP contribution in [0.2, 0.25) is 0 Å². The first kappa shape index (κ1) is 41.5. The zero-order valence-corrected chi connectivity index (χ0v) is 33.8. The second-order valence-corrected chi connectivity index (χ2v) is 18.2. The van der Waals surface area contributed by atoms with Crippen LogP contribution >= 0.6 is 11.3 Å². The number of rotatable bonds is 16. The van der Waals surface area contributed by atoms with Gasteiger partial charge in [0.25, 0.3) is 0 Å². The number of oxime groups is 1. The summed E-state index contributed by atoms with van der Waals surface area (Å²) in [4.78, 5) is 40.8. The Morgan fingerprint density at radius 3 is 2.38 bits per heavy atom. The summed E-state index contributed by atoms with van der Waals surface area (Å²) in [5.74, 6) is -0.514. The van der Waals surface area contributed by atoms with Gasteiger partial charge in [0.2, 0.25) is 15.9 Å². The molecule has 3 N–H and O–H groups in total. The Hall–Kier alpha value is -4.70.